The van der Waals surface area contributed by atoms with Gasteiger partial charge in [0.2, 0.25) is 5.91 Å². The summed E-state index contributed by atoms with van der Waals surface area (Å²) in [6.45, 7) is 0.604. The molecule has 174 valence electrons. The molecular weight excluding hydrogens is 466 g/mol. The maximum absolute atomic E-state index is 13.5. The minimum atomic E-state index is -4.55. The van der Waals surface area contributed by atoms with E-state index in [1.807, 2.05) is 0 Å². The first-order chi connectivity index (χ1) is 15.5. The first kappa shape index (κ1) is 24.4. The predicted molar refractivity (Wildman–Crippen MR) is 115 cm³/mol. The standard InChI is InChI=1S/C22H18ClF4N3O3/c1-12-16(8-9-31)21(33)30(11-19(32)29-18-10-15(24)6-7-17(18)23)20(28-12)13-2-4-14(5-3-13)22(25,26)27/h2-7,10,31H,8-9,11H2,1H3,(H,29,32). The molecule has 3 rings (SSSR count). The fourth-order valence-corrected chi connectivity index (χ4v) is 3.37. The minimum absolute atomic E-state index is 0.0125. The van der Waals surface area contributed by atoms with E-state index in [4.69, 9.17) is 11.6 Å². The van der Waals surface area contributed by atoms with Crippen molar-refractivity contribution in [2.45, 2.75) is 26.1 Å². The maximum atomic E-state index is 13.5. The monoisotopic (exact) mass is 483 g/mol. The maximum Gasteiger partial charge on any atom is 0.416 e. The number of hydrogen-bond donors (Lipinski definition) is 2. The largest absolute Gasteiger partial charge is 0.416 e. The van der Waals surface area contributed by atoms with Crippen LogP contribution in [-0.4, -0.2) is 27.2 Å². The molecular formula is C22H18ClF4N3O3. The second-order valence-corrected chi connectivity index (χ2v) is 7.52. The third kappa shape index (κ3) is 5.58. The van der Waals surface area contributed by atoms with Crippen molar-refractivity contribution in [3.05, 3.63) is 80.5 Å². The lowest BCUT2D eigenvalue weighted by atomic mass is 10.1. The molecule has 3 aromatic rings. The van der Waals surface area contributed by atoms with Crippen LogP contribution in [0.15, 0.2) is 47.3 Å². The summed E-state index contributed by atoms with van der Waals surface area (Å²) in [6, 6.07) is 7.34. The third-order valence-corrected chi connectivity index (χ3v) is 5.14. The number of aliphatic hydroxyl groups excluding tert-OH is 1. The Balaban J connectivity index is 2.04. The molecule has 0 aliphatic carbocycles. The van der Waals surface area contributed by atoms with E-state index in [0.717, 1.165) is 41.0 Å². The number of aromatic nitrogens is 2. The number of aliphatic hydroxyl groups is 1. The molecule has 6 nitrogen and oxygen atoms in total. The number of rotatable bonds is 6. The van der Waals surface area contributed by atoms with Gasteiger partial charge in [-0.2, -0.15) is 13.2 Å². The van der Waals surface area contributed by atoms with Crippen molar-refractivity contribution in [3.8, 4) is 11.4 Å². The number of nitrogens with zero attached hydrogens (tertiary/aromatic N) is 2. The number of benzene rings is 2. The molecule has 2 aromatic carbocycles. The van der Waals surface area contributed by atoms with E-state index in [9.17, 15) is 32.3 Å². The average Bonchev–Trinajstić information content (AvgIpc) is 2.75. The zero-order valence-electron chi connectivity index (χ0n) is 17.2. The van der Waals surface area contributed by atoms with Crippen molar-refractivity contribution in [3.63, 3.8) is 0 Å². The highest BCUT2D eigenvalue weighted by Gasteiger charge is 2.30. The number of aryl methyl sites for hydroxylation is 1. The number of nitrogens with one attached hydrogen (secondary N) is 1. The molecule has 0 saturated carbocycles. The van der Waals surface area contributed by atoms with Crippen molar-refractivity contribution in [2.24, 2.45) is 0 Å². The van der Waals surface area contributed by atoms with Crippen LogP contribution in [0, 0.1) is 12.7 Å². The Morgan fingerprint density at radius 2 is 1.85 bits per heavy atom. The van der Waals surface area contributed by atoms with Gasteiger partial charge in [-0.3, -0.25) is 14.2 Å². The van der Waals surface area contributed by atoms with Crippen molar-refractivity contribution in [1.82, 2.24) is 9.55 Å². The average molecular weight is 484 g/mol. The zero-order chi connectivity index (χ0) is 24.3. The van der Waals surface area contributed by atoms with Gasteiger partial charge in [0.1, 0.15) is 18.2 Å². The first-order valence-electron chi connectivity index (χ1n) is 9.65. The van der Waals surface area contributed by atoms with Crippen LogP contribution in [0.2, 0.25) is 5.02 Å². The van der Waals surface area contributed by atoms with E-state index >= 15 is 0 Å². The lowest BCUT2D eigenvalue weighted by molar-refractivity contribution is -0.137. The van der Waals surface area contributed by atoms with Gasteiger partial charge in [0.05, 0.1) is 16.3 Å². The fraction of sp³-hybridized carbons (Fsp3) is 0.227. The summed E-state index contributed by atoms with van der Waals surface area (Å²) < 4.78 is 53.3. The first-order valence-corrected chi connectivity index (χ1v) is 10.0. The summed E-state index contributed by atoms with van der Waals surface area (Å²) in [7, 11) is 0. The van der Waals surface area contributed by atoms with Crippen LogP contribution in [0.5, 0.6) is 0 Å². The molecule has 0 aliphatic rings. The minimum Gasteiger partial charge on any atom is -0.396 e. The Morgan fingerprint density at radius 3 is 2.45 bits per heavy atom. The number of anilines is 1. The molecule has 0 unspecified atom stereocenters. The summed E-state index contributed by atoms with van der Waals surface area (Å²) in [6.07, 6.45) is -4.57. The lowest BCUT2D eigenvalue weighted by Crippen LogP contribution is -2.33. The van der Waals surface area contributed by atoms with Crippen LogP contribution >= 0.6 is 11.6 Å². The summed E-state index contributed by atoms with van der Waals surface area (Å²) in [5.41, 5.74) is -0.922. The predicted octanol–water partition coefficient (Wildman–Crippen LogP) is 4.20. The van der Waals surface area contributed by atoms with Gasteiger partial charge in [-0.05, 0) is 37.3 Å². The zero-order valence-corrected chi connectivity index (χ0v) is 18.0. The second kappa shape index (κ2) is 9.72. The van der Waals surface area contributed by atoms with Crippen LogP contribution in [-0.2, 0) is 23.9 Å². The van der Waals surface area contributed by atoms with Gasteiger partial charge in [0.25, 0.3) is 5.56 Å². The molecule has 0 saturated heterocycles. The van der Waals surface area contributed by atoms with Gasteiger partial charge < -0.3 is 10.4 Å². The highest BCUT2D eigenvalue weighted by molar-refractivity contribution is 6.33. The summed E-state index contributed by atoms with van der Waals surface area (Å²) in [4.78, 5) is 30.0. The number of carbonyl (C=O) groups is 1. The number of hydrogen-bond acceptors (Lipinski definition) is 4. The Hall–Kier alpha value is -3.24. The number of halogens is 5. The van der Waals surface area contributed by atoms with Gasteiger partial charge in [-0.15, -0.1) is 0 Å². The summed E-state index contributed by atoms with van der Waals surface area (Å²) in [5.74, 6) is -1.41. The molecule has 0 fully saturated rings. The Bertz CT molecular complexity index is 1240. The van der Waals surface area contributed by atoms with Gasteiger partial charge in [0, 0.05) is 29.8 Å². The van der Waals surface area contributed by atoms with Crippen molar-refractivity contribution >= 4 is 23.2 Å². The molecule has 2 N–H and O–H groups in total. The highest BCUT2D eigenvalue weighted by Crippen LogP contribution is 2.30. The Kier molecular flexibility index (Phi) is 7.19. The van der Waals surface area contributed by atoms with E-state index in [-0.39, 0.29) is 46.4 Å². The molecule has 1 aromatic heterocycles. The summed E-state index contributed by atoms with van der Waals surface area (Å²) in [5, 5.41) is 11.8. The van der Waals surface area contributed by atoms with E-state index in [1.54, 1.807) is 0 Å². The van der Waals surface area contributed by atoms with Crippen LogP contribution in [0.3, 0.4) is 0 Å². The van der Waals surface area contributed by atoms with Crippen molar-refractivity contribution < 1.29 is 27.5 Å². The lowest BCUT2D eigenvalue weighted by Gasteiger charge is -2.16. The van der Waals surface area contributed by atoms with Crippen LogP contribution in [0.4, 0.5) is 23.2 Å². The van der Waals surface area contributed by atoms with E-state index in [0.29, 0.717) is 0 Å². The van der Waals surface area contributed by atoms with E-state index in [1.165, 1.54) is 13.0 Å². The second-order valence-electron chi connectivity index (χ2n) is 7.11. The SMILES string of the molecule is Cc1nc(-c2ccc(C(F)(F)F)cc2)n(CC(=O)Nc2cc(F)ccc2Cl)c(=O)c1CCO. The number of carbonyl (C=O) groups excluding carboxylic acids is 1. The molecule has 0 radical (unpaired) electrons. The van der Waals surface area contributed by atoms with Crippen LogP contribution in [0.25, 0.3) is 11.4 Å². The van der Waals surface area contributed by atoms with E-state index < -0.39 is 35.6 Å². The van der Waals surface area contributed by atoms with Gasteiger partial charge in [-0.25, -0.2) is 9.37 Å². The quantitative estimate of drug-likeness (QED) is 0.515. The van der Waals surface area contributed by atoms with Crippen LogP contribution in [0.1, 0.15) is 16.8 Å². The molecule has 11 heteroatoms. The molecule has 0 atom stereocenters. The highest BCUT2D eigenvalue weighted by atomic mass is 35.5. The van der Waals surface area contributed by atoms with Crippen LogP contribution < -0.4 is 10.9 Å². The Morgan fingerprint density at radius 1 is 1.18 bits per heavy atom. The van der Waals surface area contributed by atoms with Gasteiger partial charge in [0.15, 0.2) is 0 Å². The van der Waals surface area contributed by atoms with Gasteiger partial charge >= 0.3 is 6.18 Å². The molecule has 1 heterocycles. The molecule has 0 spiro atoms. The van der Waals surface area contributed by atoms with E-state index in [2.05, 4.69) is 10.3 Å². The molecule has 0 bridgehead atoms. The molecule has 0 aliphatic heterocycles. The fourth-order valence-electron chi connectivity index (χ4n) is 3.20. The normalized spacial score (nSPS) is 11.5. The topological polar surface area (TPSA) is 84.2 Å². The third-order valence-electron chi connectivity index (χ3n) is 4.81. The molecule has 33 heavy (non-hydrogen) atoms. The Labute approximate surface area is 190 Å². The van der Waals surface area contributed by atoms with Crippen molar-refractivity contribution in [2.75, 3.05) is 11.9 Å². The van der Waals surface area contributed by atoms with Gasteiger partial charge in [-0.1, -0.05) is 23.7 Å². The smallest absolute Gasteiger partial charge is 0.396 e. The van der Waals surface area contributed by atoms with Crippen molar-refractivity contribution in [1.29, 1.82) is 0 Å². The number of amides is 1. The summed E-state index contributed by atoms with van der Waals surface area (Å²) >= 11 is 5.96. The number of alkyl halides is 3. The molecule has 1 amide bonds.